The van der Waals surface area contributed by atoms with Crippen LogP contribution < -0.4 is 16.2 Å². The number of nitrogens with one attached hydrogen (secondary N) is 3. The number of hydrogen-bond acceptors (Lipinski definition) is 17. The molecule has 2 aliphatic rings. The smallest absolute Gasteiger partial charge is 0.338 e. The molecule has 0 radical (unpaired) electrons. The summed E-state index contributed by atoms with van der Waals surface area (Å²) in [6.07, 6.45) is -5.08. The summed E-state index contributed by atoms with van der Waals surface area (Å²) in [7, 11) is -2.68. The first kappa shape index (κ1) is 51.0. The highest BCUT2D eigenvalue weighted by Crippen LogP contribution is 2.56. The number of carbonyl (C=O) groups excluding carboxylic acids is 3. The van der Waals surface area contributed by atoms with Crippen LogP contribution in [-0.4, -0.2) is 124 Å². The number of anilines is 2. The van der Waals surface area contributed by atoms with Crippen LogP contribution in [0.1, 0.15) is 66.9 Å². The number of aliphatic hydroxyl groups is 1. The van der Waals surface area contributed by atoms with Crippen molar-refractivity contribution in [2.75, 3.05) is 23.8 Å². The topological polar surface area (TPSA) is 269 Å². The lowest BCUT2D eigenvalue weighted by molar-refractivity contribution is -0.118. The number of amides is 2. The maximum absolute atomic E-state index is 17.0. The molecule has 2 fully saturated rings. The third kappa shape index (κ3) is 10.6. The van der Waals surface area contributed by atoms with Crippen LogP contribution in [0.3, 0.4) is 0 Å². The zero-order valence-electron chi connectivity index (χ0n) is 39.0. The molecule has 4 aromatic heterocycles. The van der Waals surface area contributed by atoms with Gasteiger partial charge in [-0.25, -0.2) is 29.1 Å². The van der Waals surface area contributed by atoms with Gasteiger partial charge in [-0.05, 0) is 54.2 Å². The summed E-state index contributed by atoms with van der Waals surface area (Å²) in [6, 6.07) is 16.3. The van der Waals surface area contributed by atoms with Crippen LogP contribution in [-0.2, 0) is 39.5 Å². The van der Waals surface area contributed by atoms with Gasteiger partial charge < -0.3 is 33.7 Å². The van der Waals surface area contributed by atoms with Crippen molar-refractivity contribution in [1.82, 2.24) is 39.0 Å². The van der Waals surface area contributed by atoms with Gasteiger partial charge in [-0.2, -0.15) is 4.98 Å². The van der Waals surface area contributed by atoms with E-state index in [2.05, 4.69) is 40.5 Å². The van der Waals surface area contributed by atoms with E-state index < -0.39 is 105 Å². The van der Waals surface area contributed by atoms with Gasteiger partial charge in [0.1, 0.15) is 23.9 Å². The summed E-state index contributed by atoms with van der Waals surface area (Å²) in [5, 5.41) is 14.2. The summed E-state index contributed by atoms with van der Waals surface area (Å²) < 4.78 is 51.1. The number of fused-ring (bicyclic) bond motifs is 2. The Morgan fingerprint density at radius 3 is 2.26 bits per heavy atom. The predicted molar refractivity (Wildman–Crippen MR) is 263 cm³/mol. The number of rotatable bonds is 16. The lowest BCUT2D eigenvalue weighted by atomic mass is 10.1. The van der Waals surface area contributed by atoms with Crippen LogP contribution in [0, 0.1) is 5.92 Å². The molecule has 0 aliphatic carbocycles. The van der Waals surface area contributed by atoms with Crippen molar-refractivity contribution in [1.29, 1.82) is 0 Å². The third-order valence-electron chi connectivity index (χ3n) is 12.3. The molecular weight excluding hydrogens is 987 g/mol. The van der Waals surface area contributed by atoms with E-state index in [1.165, 1.54) is 45.7 Å². The summed E-state index contributed by atoms with van der Waals surface area (Å²) in [6.45, 7) is 7.96. The average molecular weight is 1040 g/mol. The van der Waals surface area contributed by atoms with E-state index in [-0.39, 0.29) is 44.7 Å². The number of aromatic nitrogens is 8. The van der Waals surface area contributed by atoms with Crippen molar-refractivity contribution in [3.63, 3.8) is 0 Å². The quantitative estimate of drug-likeness (QED) is 0.0430. The van der Waals surface area contributed by atoms with Crippen molar-refractivity contribution in [2.24, 2.45) is 5.92 Å². The van der Waals surface area contributed by atoms with Crippen LogP contribution in [0.25, 0.3) is 22.3 Å². The molecule has 1 unspecified atom stereocenters. The lowest BCUT2D eigenvalue weighted by Gasteiger charge is -2.41. The van der Waals surface area contributed by atoms with E-state index in [9.17, 15) is 29.2 Å². The van der Waals surface area contributed by atoms with Crippen LogP contribution in [0.2, 0.25) is 18.1 Å². The summed E-state index contributed by atoms with van der Waals surface area (Å²) in [5.41, 5.74) is 0.0217. The number of esters is 1. The zero-order chi connectivity index (χ0) is 50.3. The fourth-order valence-electron chi connectivity index (χ4n) is 7.49. The fourth-order valence-corrected chi connectivity index (χ4v) is 11.9. The van der Waals surface area contributed by atoms with E-state index in [0.29, 0.717) is 5.56 Å². The lowest BCUT2D eigenvalue weighted by Crippen LogP contribution is -2.50. The van der Waals surface area contributed by atoms with E-state index >= 15 is 4.39 Å². The first-order valence-corrected chi connectivity index (χ1v) is 28.6. The van der Waals surface area contributed by atoms with Gasteiger partial charge in [0.05, 0.1) is 42.8 Å². The number of H-pyrrole nitrogens is 1. The Morgan fingerprint density at radius 2 is 1.60 bits per heavy atom. The van der Waals surface area contributed by atoms with Crippen LogP contribution in [0.15, 0.2) is 84.4 Å². The minimum absolute atomic E-state index is 0.0448. The molecule has 372 valence electrons. The molecule has 0 spiro atoms. The molecule has 2 aromatic carbocycles. The van der Waals surface area contributed by atoms with E-state index in [1.54, 1.807) is 62.4 Å². The highest BCUT2D eigenvalue weighted by atomic mass is 32.5. The van der Waals surface area contributed by atoms with Crippen LogP contribution >= 0.6 is 18.5 Å². The summed E-state index contributed by atoms with van der Waals surface area (Å²) in [4.78, 5) is 88.7. The largest absolute Gasteiger partial charge is 0.453 e. The number of ether oxygens (including phenoxy) is 2. The van der Waals surface area contributed by atoms with Gasteiger partial charge in [0.2, 0.25) is 11.9 Å². The van der Waals surface area contributed by atoms with Gasteiger partial charge in [0, 0.05) is 11.5 Å². The number of benzene rings is 2. The Labute approximate surface area is 410 Å². The van der Waals surface area contributed by atoms with Crippen molar-refractivity contribution < 1.29 is 51.7 Å². The molecule has 0 saturated carbocycles. The first-order valence-electron chi connectivity index (χ1n) is 22.1. The van der Waals surface area contributed by atoms with Gasteiger partial charge in [0.15, 0.2) is 55.0 Å². The number of aliphatic hydroxyl groups excluding tert-OH is 1. The molecule has 6 aromatic rings. The highest BCUT2D eigenvalue weighted by molar-refractivity contribution is 8.07. The molecule has 2 amide bonds. The minimum Gasteiger partial charge on any atom is -0.453 e. The second-order valence-electron chi connectivity index (χ2n) is 18.4. The van der Waals surface area contributed by atoms with Crippen molar-refractivity contribution in [2.45, 2.75) is 100 Å². The molecule has 2 aliphatic heterocycles. The number of halogens is 1. The van der Waals surface area contributed by atoms with Crippen LogP contribution in [0.5, 0.6) is 0 Å². The van der Waals surface area contributed by atoms with Crippen LogP contribution in [0.4, 0.5) is 16.2 Å². The maximum atomic E-state index is 17.0. The van der Waals surface area contributed by atoms with E-state index in [1.807, 2.05) is 33.9 Å². The number of hydrogen-bond donors (Lipinski definition) is 5. The number of alkyl halides is 1. The van der Waals surface area contributed by atoms with Gasteiger partial charge in [-0.1, -0.05) is 71.0 Å². The number of nitrogens with zero attached hydrogens (tertiary/aromatic N) is 7. The number of carbonyl (C=O) groups is 3. The normalized spacial score (nSPS) is 23.7. The zero-order valence-corrected chi connectivity index (χ0v) is 42.5. The minimum atomic E-state index is -4.45. The summed E-state index contributed by atoms with van der Waals surface area (Å²) >= 11 is 6.89. The second kappa shape index (κ2) is 20.4. The fraction of sp³-hybridized carbons (Fsp3) is 0.432. The first-order chi connectivity index (χ1) is 33.2. The molecule has 2 saturated heterocycles. The second-order valence-corrected chi connectivity index (χ2v) is 27.3. The monoisotopic (exact) mass is 1040 g/mol. The van der Waals surface area contributed by atoms with Crippen molar-refractivity contribution in [3.8, 4) is 0 Å². The Balaban J connectivity index is 1.10. The Morgan fingerprint density at radius 1 is 0.943 bits per heavy atom. The SMILES string of the molecule is CC(C)C(=O)Nc1nc2c(ncn2[C@@H]2S[C@H](CO)[C@@H](O[Si](C)(C)C(C)(C)C)[C@H]2OP(O)(=S)OC[C@H]2O[C@@H](n3cnc4c(NC(=O)c5ccccc5)ncnc43)[C@@H](F)[C@@H]2OC(=O)c2ccccc2)c(=O)[nH]1. The molecule has 26 heteroatoms. The van der Waals surface area contributed by atoms with Crippen molar-refractivity contribution in [3.05, 3.63) is 101 Å². The number of aromatic amines is 1. The molecule has 8 rings (SSSR count). The molecule has 21 nitrogen and oxygen atoms in total. The third-order valence-corrected chi connectivity index (χ3v) is 19.8. The molecular formula is C44H52FN10O11PS2Si. The molecule has 9 atom stereocenters. The van der Waals surface area contributed by atoms with Gasteiger partial charge in [-0.3, -0.25) is 38.3 Å². The van der Waals surface area contributed by atoms with Crippen molar-refractivity contribution >= 4 is 90.5 Å². The molecule has 6 heterocycles. The summed E-state index contributed by atoms with van der Waals surface area (Å²) in [5.74, 6) is -2.25. The highest BCUT2D eigenvalue weighted by Gasteiger charge is 2.54. The van der Waals surface area contributed by atoms with Gasteiger partial charge in [-0.15, -0.1) is 11.8 Å². The Bertz CT molecular complexity index is 3000. The van der Waals surface area contributed by atoms with Gasteiger partial charge in [0.25, 0.3) is 11.5 Å². The number of imidazole rings is 2. The average Bonchev–Trinajstić information content (AvgIpc) is 4.10. The van der Waals surface area contributed by atoms with Gasteiger partial charge >= 0.3 is 12.7 Å². The van der Waals surface area contributed by atoms with E-state index in [4.69, 9.17) is 34.8 Å². The molecule has 70 heavy (non-hydrogen) atoms. The predicted octanol–water partition coefficient (Wildman–Crippen LogP) is 5.88. The standard InChI is InChI=1S/C44H52FN10O11PS2Si/c1-23(2)37(57)52-43-51-36-30(39(59)53-43)49-22-55(36)41-33(32(27(18-56)69-41)66-70(6,7)44(3,4)5)65-67(61,68)62-19-26-31(64-42(60)25-16-12-9-13-17-25)28(45)40(63-26)54-21-48-29-34(46-20-47-35(29)54)50-38(58)24-14-10-8-11-15-24/h8-17,20-23,26-28,31-33,40-41,56H,18-19H2,1-7H3,(H,61,68)(H,46,47,50,58)(H2,51,52,53,57,59)/t26-,27-,28+,31-,32-,33-,40-,41-,67?/m1/s1. The molecule has 5 N–H and O–H groups in total. The maximum Gasteiger partial charge on any atom is 0.338 e. The Kier molecular flexibility index (Phi) is 14.9. The molecule has 0 bridgehead atoms. The number of thioether (sulfide) groups is 1. The Hall–Kier alpha value is -5.34. The van der Waals surface area contributed by atoms with E-state index in [0.717, 1.165) is 6.33 Å².